The van der Waals surface area contributed by atoms with Gasteiger partial charge in [-0.2, -0.15) is 0 Å². The maximum Gasteiger partial charge on any atom is 0.328 e. The van der Waals surface area contributed by atoms with Crippen molar-refractivity contribution in [3.63, 3.8) is 0 Å². The van der Waals surface area contributed by atoms with Crippen molar-refractivity contribution in [2.24, 2.45) is 0 Å². The van der Waals surface area contributed by atoms with Gasteiger partial charge in [0.1, 0.15) is 6.04 Å². The molecule has 0 aromatic carbocycles. The van der Waals surface area contributed by atoms with Crippen molar-refractivity contribution in [2.45, 2.75) is 19.1 Å². The Hall–Kier alpha value is -1.34. The summed E-state index contributed by atoms with van der Waals surface area (Å²) < 4.78 is 0. The molecule has 0 spiro atoms. The number of hydrazine groups is 1. The Balaban J connectivity index is 3.97. The molecule has 0 aromatic rings. The Morgan fingerprint density at radius 1 is 1.38 bits per heavy atom. The predicted octanol–water partition coefficient (Wildman–Crippen LogP) is -1.75. The van der Waals surface area contributed by atoms with Crippen molar-refractivity contribution in [1.82, 2.24) is 16.2 Å². The maximum atomic E-state index is 10.6. The minimum atomic E-state index is -1.24. The van der Waals surface area contributed by atoms with Crippen LogP contribution in [0.2, 0.25) is 0 Å². The van der Waals surface area contributed by atoms with Crippen LogP contribution in [0.1, 0.15) is 6.92 Å². The number of carboxylic acid groups (broad SMARTS) is 1. The highest BCUT2D eigenvalue weighted by molar-refractivity contribution is 5.76. The molecule has 2 amide bonds. The smallest absolute Gasteiger partial charge is 0.328 e. The average molecular weight is 191 g/mol. The van der Waals surface area contributed by atoms with Crippen LogP contribution in [0, 0.1) is 0 Å². The SMILES string of the molecule is CNC(=O)NN[C@H](C(=O)O)[C@@H](C)O. The van der Waals surface area contributed by atoms with Crippen molar-refractivity contribution in [3.8, 4) is 0 Å². The normalized spacial score (nSPS) is 14.4. The molecule has 0 unspecified atom stereocenters. The largest absolute Gasteiger partial charge is 0.480 e. The first-order valence-electron chi connectivity index (χ1n) is 3.63. The molecule has 0 rings (SSSR count). The van der Waals surface area contributed by atoms with Gasteiger partial charge in [-0.3, -0.25) is 10.2 Å². The third-order valence-corrected chi connectivity index (χ3v) is 1.32. The fourth-order valence-corrected chi connectivity index (χ4v) is 0.594. The summed E-state index contributed by atoms with van der Waals surface area (Å²) in [6.45, 7) is 1.30. The Morgan fingerprint density at radius 2 is 1.92 bits per heavy atom. The lowest BCUT2D eigenvalue weighted by Gasteiger charge is -2.17. The zero-order valence-corrected chi connectivity index (χ0v) is 7.37. The number of aliphatic hydroxyl groups is 1. The average Bonchev–Trinajstić information content (AvgIpc) is 2.03. The molecular formula is C6H13N3O4. The summed E-state index contributed by atoms with van der Waals surface area (Å²) in [5, 5.41) is 19.7. The highest BCUT2D eigenvalue weighted by Gasteiger charge is 2.22. The number of aliphatic carboxylic acids is 1. The topological polar surface area (TPSA) is 111 Å². The lowest BCUT2D eigenvalue weighted by Crippen LogP contribution is -2.54. The van der Waals surface area contributed by atoms with Crippen LogP contribution in [0.15, 0.2) is 0 Å². The molecule has 0 saturated heterocycles. The lowest BCUT2D eigenvalue weighted by atomic mass is 10.2. The van der Waals surface area contributed by atoms with E-state index in [2.05, 4.69) is 16.2 Å². The molecule has 0 bridgehead atoms. The van der Waals surface area contributed by atoms with E-state index in [0.29, 0.717) is 0 Å². The minimum absolute atomic E-state index is 0.577. The van der Waals surface area contributed by atoms with E-state index in [1.165, 1.54) is 14.0 Å². The summed E-state index contributed by atoms with van der Waals surface area (Å²) in [7, 11) is 1.38. The third kappa shape index (κ3) is 4.28. The highest BCUT2D eigenvalue weighted by atomic mass is 16.4. The summed E-state index contributed by atoms with van der Waals surface area (Å²) in [5.41, 5.74) is 4.21. The molecule has 5 N–H and O–H groups in total. The van der Waals surface area contributed by atoms with Crippen molar-refractivity contribution >= 4 is 12.0 Å². The van der Waals surface area contributed by atoms with Gasteiger partial charge in [0.05, 0.1) is 6.10 Å². The van der Waals surface area contributed by atoms with Crippen molar-refractivity contribution in [2.75, 3.05) is 7.05 Å². The van der Waals surface area contributed by atoms with Gasteiger partial charge < -0.3 is 15.5 Å². The van der Waals surface area contributed by atoms with Gasteiger partial charge in [0, 0.05) is 7.05 Å². The molecule has 7 heteroatoms. The van der Waals surface area contributed by atoms with Gasteiger partial charge in [-0.15, -0.1) is 0 Å². The van der Waals surface area contributed by atoms with Crippen LogP contribution >= 0.6 is 0 Å². The maximum absolute atomic E-state index is 10.6. The van der Waals surface area contributed by atoms with Crippen LogP contribution in [-0.2, 0) is 4.79 Å². The summed E-state index contributed by atoms with van der Waals surface area (Å²) in [6.07, 6.45) is -1.10. The molecule has 7 nitrogen and oxygen atoms in total. The van der Waals surface area contributed by atoms with E-state index < -0.39 is 24.1 Å². The molecule has 0 aliphatic carbocycles. The molecule has 13 heavy (non-hydrogen) atoms. The second kappa shape index (κ2) is 5.33. The number of aliphatic hydroxyl groups excluding tert-OH is 1. The van der Waals surface area contributed by atoms with E-state index in [1.54, 1.807) is 0 Å². The van der Waals surface area contributed by atoms with Gasteiger partial charge in [0.15, 0.2) is 0 Å². The second-order valence-corrected chi connectivity index (χ2v) is 2.40. The van der Waals surface area contributed by atoms with Crippen LogP contribution < -0.4 is 16.2 Å². The first kappa shape index (κ1) is 11.7. The fourth-order valence-electron chi connectivity index (χ4n) is 0.594. The number of hydrogen-bond acceptors (Lipinski definition) is 4. The van der Waals surface area contributed by atoms with E-state index in [1.807, 2.05) is 0 Å². The number of rotatable bonds is 4. The fraction of sp³-hybridized carbons (Fsp3) is 0.667. The zero-order valence-electron chi connectivity index (χ0n) is 7.37. The van der Waals surface area contributed by atoms with Crippen LogP contribution in [0.4, 0.5) is 4.79 Å². The molecular weight excluding hydrogens is 178 g/mol. The molecule has 0 radical (unpaired) electrons. The number of carbonyl (C=O) groups excluding carboxylic acids is 1. The lowest BCUT2D eigenvalue weighted by molar-refractivity contribution is -0.142. The van der Waals surface area contributed by atoms with Crippen LogP contribution in [0.3, 0.4) is 0 Å². The van der Waals surface area contributed by atoms with E-state index in [-0.39, 0.29) is 0 Å². The third-order valence-electron chi connectivity index (χ3n) is 1.32. The Labute approximate surface area is 75.1 Å². The van der Waals surface area contributed by atoms with Crippen LogP contribution in [0.25, 0.3) is 0 Å². The molecule has 0 aliphatic heterocycles. The standard InChI is InChI=1S/C6H13N3O4/c1-3(10)4(5(11)12)8-9-6(13)7-2/h3-4,8,10H,1-2H3,(H,11,12)(H2,7,9,13)/t3-,4+/m1/s1. The van der Waals surface area contributed by atoms with Gasteiger partial charge in [-0.05, 0) is 6.92 Å². The van der Waals surface area contributed by atoms with Gasteiger partial charge in [-0.1, -0.05) is 0 Å². The number of amides is 2. The Bertz CT molecular complexity index is 194. The van der Waals surface area contributed by atoms with Gasteiger partial charge in [0.2, 0.25) is 0 Å². The van der Waals surface area contributed by atoms with E-state index >= 15 is 0 Å². The molecule has 0 aromatic heterocycles. The Kier molecular flexibility index (Phi) is 4.78. The summed E-state index contributed by atoms with van der Waals surface area (Å²) in [6, 6.07) is -1.80. The van der Waals surface area contributed by atoms with E-state index in [0.717, 1.165) is 0 Å². The number of urea groups is 1. The van der Waals surface area contributed by atoms with Gasteiger partial charge in [-0.25, -0.2) is 10.2 Å². The van der Waals surface area contributed by atoms with E-state index in [9.17, 15) is 9.59 Å². The molecule has 76 valence electrons. The summed E-state index contributed by atoms with van der Waals surface area (Å²) in [4.78, 5) is 21.0. The quantitative estimate of drug-likeness (QED) is 0.338. The van der Waals surface area contributed by atoms with Crippen LogP contribution in [-0.4, -0.2) is 41.4 Å². The van der Waals surface area contributed by atoms with E-state index in [4.69, 9.17) is 10.2 Å². The molecule has 0 saturated carbocycles. The van der Waals surface area contributed by atoms with Gasteiger partial charge in [0.25, 0.3) is 0 Å². The summed E-state index contributed by atoms with van der Waals surface area (Å²) >= 11 is 0. The number of carbonyl (C=O) groups is 2. The number of hydrogen-bond donors (Lipinski definition) is 5. The summed E-state index contributed by atoms with van der Waals surface area (Å²) in [5.74, 6) is -1.24. The van der Waals surface area contributed by atoms with Crippen molar-refractivity contribution in [1.29, 1.82) is 0 Å². The zero-order chi connectivity index (χ0) is 10.4. The first-order valence-corrected chi connectivity index (χ1v) is 3.63. The van der Waals surface area contributed by atoms with Crippen molar-refractivity contribution < 1.29 is 19.8 Å². The molecule has 0 fully saturated rings. The predicted molar refractivity (Wildman–Crippen MR) is 43.8 cm³/mol. The first-order chi connectivity index (χ1) is 5.99. The minimum Gasteiger partial charge on any atom is -0.480 e. The molecule has 2 atom stereocenters. The number of carboxylic acids is 1. The highest BCUT2D eigenvalue weighted by Crippen LogP contribution is 1.90. The second-order valence-electron chi connectivity index (χ2n) is 2.40. The van der Waals surface area contributed by atoms with Crippen molar-refractivity contribution in [3.05, 3.63) is 0 Å². The monoisotopic (exact) mass is 191 g/mol. The molecule has 0 aliphatic rings. The number of nitrogens with one attached hydrogen (secondary N) is 3. The van der Waals surface area contributed by atoms with Crippen LogP contribution in [0.5, 0.6) is 0 Å². The molecule has 0 heterocycles. The van der Waals surface area contributed by atoms with Gasteiger partial charge >= 0.3 is 12.0 Å². The Morgan fingerprint density at radius 3 is 2.23 bits per heavy atom.